The summed E-state index contributed by atoms with van der Waals surface area (Å²) in [6.45, 7) is 13.8. The van der Waals surface area contributed by atoms with Crippen molar-refractivity contribution in [1.29, 1.82) is 0 Å². The van der Waals surface area contributed by atoms with Gasteiger partial charge in [-0.1, -0.05) is 19.9 Å². The van der Waals surface area contributed by atoms with Crippen molar-refractivity contribution in [3.8, 4) is 5.75 Å². The number of nitrogens with zero attached hydrogens (tertiary/aromatic N) is 1. The van der Waals surface area contributed by atoms with E-state index in [1.165, 1.54) is 0 Å². The second-order valence-corrected chi connectivity index (χ2v) is 13.6. The SMILES string of the molecule is CCOCC(C)(C)c1c(F)cc(NC(=O)[C@H]2c3ccc(OCC)cc3CCN2C(=O)[C@H]2C[C@@H](CC(=O)OC(C)(C)C)C2)cc1F. The first-order chi connectivity index (χ1) is 21.1. The largest absolute Gasteiger partial charge is 0.494 e. The molecule has 1 saturated carbocycles. The maximum absolute atomic E-state index is 15.3. The fourth-order valence-electron chi connectivity index (χ4n) is 6.27. The Labute approximate surface area is 264 Å². The number of hydrogen-bond donors (Lipinski definition) is 1. The van der Waals surface area contributed by atoms with Crippen molar-refractivity contribution in [2.24, 2.45) is 11.8 Å². The molecule has 0 aromatic heterocycles. The molecule has 0 spiro atoms. The summed E-state index contributed by atoms with van der Waals surface area (Å²) in [6, 6.07) is 6.59. The highest BCUT2D eigenvalue weighted by molar-refractivity contribution is 5.99. The van der Waals surface area contributed by atoms with Crippen molar-refractivity contribution in [1.82, 2.24) is 4.90 Å². The zero-order chi connectivity index (χ0) is 33.1. The number of hydrogen-bond acceptors (Lipinski definition) is 6. The molecular formula is C35H46F2N2O6. The van der Waals surface area contributed by atoms with E-state index in [0.29, 0.717) is 50.3 Å². The molecule has 4 rings (SSSR count). The van der Waals surface area contributed by atoms with Crippen LogP contribution >= 0.6 is 0 Å². The average Bonchev–Trinajstić information content (AvgIpc) is 2.91. The van der Waals surface area contributed by atoms with Gasteiger partial charge in [-0.2, -0.15) is 0 Å². The third-order valence-corrected chi connectivity index (χ3v) is 8.30. The van der Waals surface area contributed by atoms with Crippen LogP contribution in [-0.4, -0.2) is 54.7 Å². The number of nitrogens with one attached hydrogen (secondary N) is 1. The van der Waals surface area contributed by atoms with Gasteiger partial charge in [-0.05, 0) is 95.2 Å². The minimum atomic E-state index is -1.01. The lowest BCUT2D eigenvalue weighted by Gasteiger charge is -2.42. The van der Waals surface area contributed by atoms with Crippen LogP contribution in [0.2, 0.25) is 0 Å². The summed E-state index contributed by atoms with van der Waals surface area (Å²) in [7, 11) is 0. The second kappa shape index (κ2) is 13.8. The Morgan fingerprint density at radius 1 is 0.978 bits per heavy atom. The summed E-state index contributed by atoms with van der Waals surface area (Å²) < 4.78 is 47.1. The van der Waals surface area contributed by atoms with Crippen LogP contribution in [0, 0.1) is 23.5 Å². The first-order valence-corrected chi connectivity index (χ1v) is 15.8. The molecule has 45 heavy (non-hydrogen) atoms. The monoisotopic (exact) mass is 628 g/mol. The highest BCUT2D eigenvalue weighted by Gasteiger charge is 2.43. The van der Waals surface area contributed by atoms with E-state index in [1.54, 1.807) is 30.9 Å². The van der Waals surface area contributed by atoms with Crippen molar-refractivity contribution in [2.45, 2.75) is 91.2 Å². The molecule has 0 saturated heterocycles. The summed E-state index contributed by atoms with van der Waals surface area (Å²) >= 11 is 0. The third-order valence-electron chi connectivity index (χ3n) is 8.30. The van der Waals surface area contributed by atoms with E-state index in [2.05, 4.69) is 5.32 Å². The zero-order valence-electron chi connectivity index (χ0n) is 27.4. The van der Waals surface area contributed by atoms with Gasteiger partial charge in [0.2, 0.25) is 5.91 Å². The molecular weight excluding hydrogens is 582 g/mol. The van der Waals surface area contributed by atoms with E-state index in [0.717, 1.165) is 17.7 Å². The smallest absolute Gasteiger partial charge is 0.306 e. The molecule has 2 aliphatic rings. The van der Waals surface area contributed by atoms with Gasteiger partial charge < -0.3 is 24.4 Å². The maximum Gasteiger partial charge on any atom is 0.306 e. The Kier molecular flexibility index (Phi) is 10.6. The van der Waals surface area contributed by atoms with Crippen LogP contribution in [0.15, 0.2) is 30.3 Å². The number of benzene rings is 2. The van der Waals surface area contributed by atoms with E-state index in [4.69, 9.17) is 14.2 Å². The molecule has 1 fully saturated rings. The molecule has 0 radical (unpaired) electrons. The first-order valence-electron chi connectivity index (χ1n) is 15.8. The average molecular weight is 629 g/mol. The summed E-state index contributed by atoms with van der Waals surface area (Å²) in [4.78, 5) is 41.6. The van der Waals surface area contributed by atoms with Crippen molar-refractivity contribution in [3.63, 3.8) is 0 Å². The van der Waals surface area contributed by atoms with Gasteiger partial charge in [-0.15, -0.1) is 0 Å². The topological polar surface area (TPSA) is 94.2 Å². The Balaban J connectivity index is 1.56. The van der Waals surface area contributed by atoms with Crippen molar-refractivity contribution >= 4 is 23.5 Å². The number of fused-ring (bicyclic) bond motifs is 1. The molecule has 2 aromatic rings. The van der Waals surface area contributed by atoms with Gasteiger partial charge >= 0.3 is 5.97 Å². The van der Waals surface area contributed by atoms with Crippen LogP contribution in [0.25, 0.3) is 0 Å². The molecule has 0 bridgehead atoms. The lowest BCUT2D eigenvalue weighted by molar-refractivity contribution is -0.159. The van der Waals surface area contributed by atoms with Crippen LogP contribution in [0.5, 0.6) is 5.75 Å². The summed E-state index contributed by atoms with van der Waals surface area (Å²) in [5.74, 6) is -2.27. The zero-order valence-corrected chi connectivity index (χ0v) is 27.4. The van der Waals surface area contributed by atoms with Crippen molar-refractivity contribution in [3.05, 3.63) is 58.7 Å². The number of halogens is 2. The number of rotatable bonds is 11. The second-order valence-electron chi connectivity index (χ2n) is 13.6. The maximum atomic E-state index is 15.3. The van der Waals surface area contributed by atoms with Gasteiger partial charge in [0, 0.05) is 42.2 Å². The predicted molar refractivity (Wildman–Crippen MR) is 167 cm³/mol. The van der Waals surface area contributed by atoms with Gasteiger partial charge in [-0.25, -0.2) is 8.78 Å². The highest BCUT2D eigenvalue weighted by Crippen LogP contribution is 2.41. The van der Waals surface area contributed by atoms with E-state index in [-0.39, 0.29) is 48.0 Å². The van der Waals surface area contributed by atoms with E-state index < -0.39 is 34.6 Å². The Bertz CT molecular complexity index is 1390. The van der Waals surface area contributed by atoms with Gasteiger partial charge in [-0.3, -0.25) is 14.4 Å². The highest BCUT2D eigenvalue weighted by atomic mass is 19.1. The normalized spacial score (nSPS) is 19.8. The summed E-state index contributed by atoms with van der Waals surface area (Å²) in [5.41, 5.74) is -0.171. The minimum Gasteiger partial charge on any atom is -0.494 e. The van der Waals surface area contributed by atoms with Crippen LogP contribution in [0.1, 0.15) is 90.5 Å². The number of carbonyl (C=O) groups is 3. The lowest BCUT2D eigenvalue weighted by Crippen LogP contribution is -2.50. The van der Waals surface area contributed by atoms with Gasteiger partial charge in [0.1, 0.15) is 29.0 Å². The molecule has 8 nitrogen and oxygen atoms in total. The quantitative estimate of drug-likeness (QED) is 0.286. The van der Waals surface area contributed by atoms with Crippen LogP contribution in [-0.2, 0) is 35.7 Å². The standard InChI is InChI=1S/C35H46F2N2O6/c1-8-43-20-35(6,7)30-27(36)18-24(19-28(30)37)38-32(41)31-26-11-10-25(44-9-2)17-22(26)12-13-39(31)33(42)23-14-21(15-23)16-29(40)45-34(3,4)5/h10-11,17-19,21,23,31H,8-9,12-16,20H2,1-7H3,(H,38,41)/t21-,23+,31-/m1/s1. The Hall–Kier alpha value is -3.53. The molecule has 2 amide bonds. The number of amides is 2. The third kappa shape index (κ3) is 8.20. The van der Waals surface area contributed by atoms with E-state index >= 15 is 8.78 Å². The molecule has 246 valence electrons. The minimum absolute atomic E-state index is 0.0309. The van der Waals surface area contributed by atoms with Crippen molar-refractivity contribution < 1.29 is 37.4 Å². The molecule has 1 aliphatic heterocycles. The molecule has 0 unspecified atom stereocenters. The van der Waals surface area contributed by atoms with Gasteiger partial charge in [0.05, 0.1) is 13.2 Å². The fourth-order valence-corrected chi connectivity index (χ4v) is 6.27. The summed E-state index contributed by atoms with van der Waals surface area (Å²) in [5, 5.41) is 2.68. The van der Waals surface area contributed by atoms with Crippen LogP contribution in [0.3, 0.4) is 0 Å². The van der Waals surface area contributed by atoms with E-state index in [9.17, 15) is 14.4 Å². The molecule has 1 N–H and O–H groups in total. The molecule has 10 heteroatoms. The molecule has 2 aromatic carbocycles. The predicted octanol–water partition coefficient (Wildman–Crippen LogP) is 6.50. The number of ether oxygens (including phenoxy) is 3. The number of carbonyl (C=O) groups excluding carboxylic acids is 3. The van der Waals surface area contributed by atoms with E-state index in [1.807, 2.05) is 40.7 Å². The Morgan fingerprint density at radius 3 is 2.24 bits per heavy atom. The lowest BCUT2D eigenvalue weighted by atomic mass is 9.72. The first kappa shape index (κ1) is 34.3. The Morgan fingerprint density at radius 2 is 1.64 bits per heavy atom. The molecule has 1 heterocycles. The van der Waals surface area contributed by atoms with Crippen LogP contribution < -0.4 is 10.1 Å². The van der Waals surface area contributed by atoms with Gasteiger partial charge in [0.25, 0.3) is 5.91 Å². The molecule has 1 atom stereocenters. The number of anilines is 1. The van der Waals surface area contributed by atoms with Crippen molar-refractivity contribution in [2.75, 3.05) is 31.7 Å². The number of esters is 1. The van der Waals surface area contributed by atoms with Crippen LogP contribution in [0.4, 0.5) is 14.5 Å². The molecule has 1 aliphatic carbocycles. The fraction of sp³-hybridized carbons (Fsp3) is 0.571. The van der Waals surface area contributed by atoms with Gasteiger partial charge in [0.15, 0.2) is 0 Å². The summed E-state index contributed by atoms with van der Waals surface area (Å²) in [6.07, 6.45) is 1.80.